The van der Waals surface area contributed by atoms with Crippen molar-refractivity contribution in [3.63, 3.8) is 0 Å². The predicted octanol–water partition coefficient (Wildman–Crippen LogP) is 2.23. The quantitative estimate of drug-likeness (QED) is 0.767. The molecule has 17 heavy (non-hydrogen) atoms. The van der Waals surface area contributed by atoms with Crippen LogP contribution in [0, 0.1) is 6.92 Å². The van der Waals surface area contributed by atoms with Gasteiger partial charge in [-0.15, -0.1) is 0 Å². The Hall–Kier alpha value is -1.68. The van der Waals surface area contributed by atoms with Crippen LogP contribution in [0.15, 0.2) is 24.3 Å². The predicted molar refractivity (Wildman–Crippen MR) is 69.1 cm³/mol. The topological polar surface area (TPSA) is 63.6 Å². The van der Waals surface area contributed by atoms with Crippen molar-refractivity contribution in [2.75, 3.05) is 14.2 Å². The summed E-state index contributed by atoms with van der Waals surface area (Å²) in [5.74, 6) is -0.275. The second kappa shape index (κ2) is 16.7. The minimum Gasteiger partial charge on any atom is -0.465 e. The molecule has 0 radical (unpaired) electrons. The van der Waals surface area contributed by atoms with Gasteiger partial charge in [0.15, 0.2) is 0 Å². The number of hydrogen-bond donors (Lipinski definition) is 1. The summed E-state index contributed by atoms with van der Waals surface area (Å²) in [6, 6.07) is 7.34. The number of carbonyl (C=O) groups is 2. The van der Waals surface area contributed by atoms with Gasteiger partial charge in [-0.3, -0.25) is 0 Å². The summed E-state index contributed by atoms with van der Waals surface area (Å²) in [4.78, 5) is 19.0. The van der Waals surface area contributed by atoms with Crippen LogP contribution in [-0.2, 0) is 9.53 Å². The van der Waals surface area contributed by atoms with E-state index in [1.807, 2.05) is 45.8 Å². The number of aliphatic hydroxyl groups is 1. The van der Waals surface area contributed by atoms with Gasteiger partial charge in [0, 0.05) is 7.11 Å². The summed E-state index contributed by atoms with van der Waals surface area (Å²) in [7, 11) is 2.38. The zero-order chi connectivity index (χ0) is 14.3. The number of ether oxygens (including phenoxy) is 1. The molecule has 4 heteroatoms. The van der Waals surface area contributed by atoms with E-state index in [0.29, 0.717) is 5.56 Å². The largest absolute Gasteiger partial charge is 0.465 e. The molecule has 0 atom stereocenters. The Morgan fingerprint density at radius 2 is 1.59 bits per heavy atom. The summed E-state index contributed by atoms with van der Waals surface area (Å²) >= 11 is 0. The number of methoxy groups -OCH3 is 1. The van der Waals surface area contributed by atoms with Crippen LogP contribution in [0.4, 0.5) is 0 Å². The highest BCUT2D eigenvalue weighted by molar-refractivity contribution is 5.90. The van der Waals surface area contributed by atoms with Crippen molar-refractivity contribution >= 4 is 12.8 Å². The Balaban J connectivity index is -0.000000285. The fourth-order valence-electron chi connectivity index (χ4n) is 0.912. The number of benzene rings is 1. The van der Waals surface area contributed by atoms with Gasteiger partial charge in [-0.2, -0.15) is 0 Å². The molecule has 0 aliphatic rings. The van der Waals surface area contributed by atoms with E-state index in [9.17, 15) is 4.79 Å². The van der Waals surface area contributed by atoms with Gasteiger partial charge in [-0.1, -0.05) is 32.0 Å². The Morgan fingerprint density at radius 3 is 1.94 bits per heavy atom. The number of rotatable bonds is 1. The highest BCUT2D eigenvalue weighted by atomic mass is 16.5. The SMILES string of the molecule is C=O.CC.CO.COC(=O)c1ccccc1C. The van der Waals surface area contributed by atoms with Crippen molar-refractivity contribution in [3.05, 3.63) is 35.4 Å². The molecule has 0 aliphatic carbocycles. The number of aliphatic hydroxyl groups excluding tert-OH is 1. The van der Waals surface area contributed by atoms with E-state index in [1.165, 1.54) is 7.11 Å². The van der Waals surface area contributed by atoms with E-state index in [2.05, 4.69) is 4.74 Å². The first-order valence-electron chi connectivity index (χ1n) is 5.13. The van der Waals surface area contributed by atoms with Gasteiger partial charge in [-0.05, 0) is 18.6 Å². The highest BCUT2D eigenvalue weighted by Gasteiger charge is 2.05. The number of hydrogen-bond acceptors (Lipinski definition) is 4. The van der Waals surface area contributed by atoms with E-state index in [1.54, 1.807) is 6.07 Å². The first kappa shape index (κ1) is 20.7. The van der Waals surface area contributed by atoms with Crippen molar-refractivity contribution in [3.8, 4) is 0 Å². The summed E-state index contributed by atoms with van der Waals surface area (Å²) in [5, 5.41) is 7.00. The maximum Gasteiger partial charge on any atom is 0.338 e. The van der Waals surface area contributed by atoms with Crippen molar-refractivity contribution < 1.29 is 19.4 Å². The molecule has 0 spiro atoms. The Bertz CT molecular complexity index is 285. The molecule has 0 amide bonds. The Kier molecular flexibility index (Phi) is 20.4. The number of aryl methyl sites for hydroxylation is 1. The van der Waals surface area contributed by atoms with Gasteiger partial charge >= 0.3 is 5.97 Å². The molecule has 1 aromatic carbocycles. The molecular weight excluding hydrogens is 220 g/mol. The highest BCUT2D eigenvalue weighted by Crippen LogP contribution is 2.07. The van der Waals surface area contributed by atoms with Crippen LogP contribution in [-0.4, -0.2) is 32.1 Å². The molecular formula is C13H22O4. The fraction of sp³-hybridized carbons (Fsp3) is 0.385. The van der Waals surface area contributed by atoms with Crippen molar-refractivity contribution in [2.45, 2.75) is 20.8 Å². The molecule has 0 aromatic heterocycles. The van der Waals surface area contributed by atoms with Crippen molar-refractivity contribution in [2.24, 2.45) is 0 Å². The van der Waals surface area contributed by atoms with Crippen LogP contribution in [0.5, 0.6) is 0 Å². The summed E-state index contributed by atoms with van der Waals surface area (Å²) in [6.07, 6.45) is 0. The monoisotopic (exact) mass is 242 g/mol. The van der Waals surface area contributed by atoms with Crippen LogP contribution < -0.4 is 0 Å². The minimum absolute atomic E-state index is 0.275. The number of carbonyl (C=O) groups excluding carboxylic acids is 2. The van der Waals surface area contributed by atoms with Crippen molar-refractivity contribution in [1.82, 2.24) is 0 Å². The van der Waals surface area contributed by atoms with Gasteiger partial charge in [0.2, 0.25) is 0 Å². The normalized spacial score (nSPS) is 6.94. The molecule has 1 rings (SSSR count). The third-order valence-corrected chi connectivity index (χ3v) is 1.55. The molecule has 0 fully saturated rings. The van der Waals surface area contributed by atoms with Gasteiger partial charge in [-0.25, -0.2) is 4.79 Å². The van der Waals surface area contributed by atoms with Gasteiger partial charge in [0.05, 0.1) is 12.7 Å². The Morgan fingerprint density at radius 1 is 1.18 bits per heavy atom. The molecule has 98 valence electrons. The molecule has 0 saturated carbocycles. The average Bonchev–Trinajstić information content (AvgIpc) is 2.45. The molecule has 1 N–H and O–H groups in total. The van der Waals surface area contributed by atoms with E-state index in [4.69, 9.17) is 9.90 Å². The van der Waals surface area contributed by atoms with Gasteiger partial charge in [0.25, 0.3) is 0 Å². The van der Waals surface area contributed by atoms with Gasteiger partial charge in [0.1, 0.15) is 6.79 Å². The third-order valence-electron chi connectivity index (χ3n) is 1.55. The molecule has 4 nitrogen and oxygen atoms in total. The summed E-state index contributed by atoms with van der Waals surface area (Å²) < 4.78 is 4.58. The molecule has 0 bridgehead atoms. The second-order valence-electron chi connectivity index (χ2n) is 2.31. The lowest BCUT2D eigenvalue weighted by Crippen LogP contribution is -2.02. The minimum atomic E-state index is -0.275. The summed E-state index contributed by atoms with van der Waals surface area (Å²) in [6.45, 7) is 7.88. The zero-order valence-electron chi connectivity index (χ0n) is 11.2. The van der Waals surface area contributed by atoms with Gasteiger partial charge < -0.3 is 14.6 Å². The van der Waals surface area contributed by atoms with Crippen LogP contribution in [0.3, 0.4) is 0 Å². The maximum atomic E-state index is 11.0. The van der Waals surface area contributed by atoms with E-state index in [0.717, 1.165) is 12.7 Å². The van der Waals surface area contributed by atoms with Crippen LogP contribution >= 0.6 is 0 Å². The smallest absolute Gasteiger partial charge is 0.338 e. The van der Waals surface area contributed by atoms with Crippen LogP contribution in [0.2, 0.25) is 0 Å². The standard InChI is InChI=1S/C9H10O2.C2H6.CH4O.CH2O/c1-7-5-3-4-6-8(7)9(10)11-2;3*1-2/h3-6H,1-2H3;1-2H3;2H,1H3;1H2. The maximum absolute atomic E-state index is 11.0. The molecule has 0 unspecified atom stereocenters. The molecule has 0 heterocycles. The second-order valence-corrected chi connectivity index (χ2v) is 2.31. The lowest BCUT2D eigenvalue weighted by Gasteiger charge is -2.00. The average molecular weight is 242 g/mol. The van der Waals surface area contributed by atoms with E-state index < -0.39 is 0 Å². The van der Waals surface area contributed by atoms with E-state index in [-0.39, 0.29) is 5.97 Å². The number of esters is 1. The fourth-order valence-corrected chi connectivity index (χ4v) is 0.912. The lowest BCUT2D eigenvalue weighted by molar-refractivity contribution is -0.0980. The van der Waals surface area contributed by atoms with E-state index >= 15 is 0 Å². The van der Waals surface area contributed by atoms with Crippen molar-refractivity contribution in [1.29, 1.82) is 0 Å². The summed E-state index contributed by atoms with van der Waals surface area (Å²) in [5.41, 5.74) is 1.58. The zero-order valence-corrected chi connectivity index (χ0v) is 11.2. The lowest BCUT2D eigenvalue weighted by atomic mass is 10.1. The first-order chi connectivity index (χ1) is 8.25. The Labute approximate surface area is 103 Å². The van der Waals surface area contributed by atoms with Crippen LogP contribution in [0.25, 0.3) is 0 Å². The molecule has 0 aliphatic heterocycles. The molecule has 0 saturated heterocycles. The third kappa shape index (κ3) is 9.26. The van der Waals surface area contributed by atoms with Crippen LogP contribution in [0.1, 0.15) is 29.8 Å². The first-order valence-corrected chi connectivity index (χ1v) is 5.13. The molecule has 1 aromatic rings.